The monoisotopic (exact) mass is 241 g/mol. The molecule has 16 heavy (non-hydrogen) atoms. The van der Waals surface area contributed by atoms with Gasteiger partial charge in [-0.25, -0.2) is 10.0 Å². The van der Waals surface area contributed by atoms with Crippen molar-refractivity contribution in [3.05, 3.63) is 11.5 Å². The molecule has 8 heteroatoms. The third-order valence-electron chi connectivity index (χ3n) is 1.93. The number of hydrazine groups is 1. The molecule has 0 unspecified atom stereocenters. The summed E-state index contributed by atoms with van der Waals surface area (Å²) in [5, 5.41) is 12.1. The Kier molecular flexibility index (Phi) is 3.71. The molecule has 0 bridgehead atoms. The first kappa shape index (κ1) is 12.3. The van der Waals surface area contributed by atoms with Crippen molar-refractivity contribution in [2.45, 2.75) is 0 Å². The fraction of sp³-hybridized carbons (Fsp3) is 0.375. The summed E-state index contributed by atoms with van der Waals surface area (Å²) in [6.07, 6.45) is 1.57. The number of nitriles is 1. The van der Waals surface area contributed by atoms with E-state index in [1.54, 1.807) is 30.3 Å². The maximum Gasteiger partial charge on any atom is 0.207 e. The number of aliphatic imine (C=N–C) groups is 2. The van der Waals surface area contributed by atoms with E-state index in [4.69, 9.17) is 28.3 Å². The van der Waals surface area contributed by atoms with Crippen LogP contribution in [0.4, 0.5) is 0 Å². The van der Waals surface area contributed by atoms with E-state index >= 15 is 0 Å². The lowest BCUT2D eigenvalue weighted by Crippen LogP contribution is -2.45. The normalized spacial score (nSPS) is 17.6. The Morgan fingerprint density at radius 1 is 1.69 bits per heavy atom. The van der Waals surface area contributed by atoms with Gasteiger partial charge in [0, 0.05) is 14.1 Å². The molecule has 0 aromatic carbocycles. The summed E-state index contributed by atoms with van der Waals surface area (Å²) in [5.74, 6) is 0.260. The Labute approximate surface area is 98.3 Å². The molecule has 1 aliphatic heterocycles. The summed E-state index contributed by atoms with van der Waals surface area (Å²) in [6.45, 7) is 0.365. The fourth-order valence-electron chi connectivity index (χ4n) is 1.20. The van der Waals surface area contributed by atoms with Crippen LogP contribution in [0.5, 0.6) is 0 Å². The van der Waals surface area contributed by atoms with E-state index in [1.807, 2.05) is 0 Å². The summed E-state index contributed by atoms with van der Waals surface area (Å²) in [5.41, 5.74) is 11.6. The van der Waals surface area contributed by atoms with Gasteiger partial charge in [0.1, 0.15) is 16.7 Å². The lowest BCUT2D eigenvalue weighted by Gasteiger charge is -2.33. The zero-order valence-electron chi connectivity index (χ0n) is 8.98. The molecule has 86 valence electrons. The van der Waals surface area contributed by atoms with Crippen LogP contribution in [0.1, 0.15) is 0 Å². The van der Waals surface area contributed by atoms with E-state index in [0.29, 0.717) is 17.5 Å². The largest absolute Gasteiger partial charge is 0.382 e. The van der Waals surface area contributed by atoms with Gasteiger partial charge in [-0.05, 0) is 0 Å². The molecule has 0 aromatic rings. The molecule has 0 saturated carbocycles. The Morgan fingerprint density at radius 3 is 2.81 bits per heavy atom. The van der Waals surface area contributed by atoms with E-state index in [9.17, 15) is 0 Å². The standard InChI is InChI=1S/C8H12ClN7/c1-15(2)16-3-5(9)14-6(8(16)12)7(11)13-4-10/h3,12H2,1-2H3,(H2,11,13). The molecule has 0 aromatic heterocycles. The Morgan fingerprint density at radius 2 is 2.31 bits per heavy atom. The summed E-state index contributed by atoms with van der Waals surface area (Å²) >= 11 is 5.86. The highest BCUT2D eigenvalue weighted by Gasteiger charge is 2.22. The predicted molar refractivity (Wildman–Crippen MR) is 62.1 cm³/mol. The molecular weight excluding hydrogens is 230 g/mol. The lowest BCUT2D eigenvalue weighted by molar-refractivity contribution is 0.0805. The molecule has 0 aliphatic carbocycles. The first-order chi connectivity index (χ1) is 7.47. The maximum atomic E-state index is 8.41. The van der Waals surface area contributed by atoms with Crippen LogP contribution in [-0.4, -0.2) is 41.7 Å². The molecular formula is C8H12ClN7. The molecule has 0 amide bonds. The van der Waals surface area contributed by atoms with Gasteiger partial charge in [-0.1, -0.05) is 11.6 Å². The van der Waals surface area contributed by atoms with E-state index in [1.165, 1.54) is 0 Å². The van der Waals surface area contributed by atoms with Crippen LogP contribution < -0.4 is 11.5 Å². The number of amidine groups is 1. The van der Waals surface area contributed by atoms with Gasteiger partial charge in [0.2, 0.25) is 6.19 Å². The van der Waals surface area contributed by atoms with Gasteiger partial charge in [0.15, 0.2) is 5.84 Å². The number of nitrogens with two attached hydrogens (primary N) is 2. The van der Waals surface area contributed by atoms with Crippen molar-refractivity contribution in [1.29, 1.82) is 5.26 Å². The topological polar surface area (TPSA) is 107 Å². The zero-order chi connectivity index (χ0) is 12.3. The summed E-state index contributed by atoms with van der Waals surface area (Å²) in [7, 11) is 3.61. The second-order valence-electron chi connectivity index (χ2n) is 3.22. The second kappa shape index (κ2) is 4.83. The van der Waals surface area contributed by atoms with Crippen molar-refractivity contribution in [3.63, 3.8) is 0 Å². The number of hydrogen-bond donors (Lipinski definition) is 2. The van der Waals surface area contributed by atoms with Crippen LogP contribution in [0, 0.1) is 11.5 Å². The molecule has 1 heterocycles. The Balaban J connectivity index is 3.18. The van der Waals surface area contributed by atoms with Crippen LogP contribution in [0.3, 0.4) is 0 Å². The first-order valence-corrected chi connectivity index (χ1v) is 4.75. The van der Waals surface area contributed by atoms with Crippen molar-refractivity contribution in [1.82, 2.24) is 10.0 Å². The van der Waals surface area contributed by atoms with Crippen molar-refractivity contribution < 1.29 is 0 Å². The molecule has 1 aliphatic rings. The first-order valence-electron chi connectivity index (χ1n) is 4.37. The molecule has 0 atom stereocenters. The Hall–Kier alpha value is -1.78. The minimum Gasteiger partial charge on any atom is -0.382 e. The molecule has 0 saturated heterocycles. The van der Waals surface area contributed by atoms with Crippen molar-refractivity contribution in [2.75, 3.05) is 20.6 Å². The van der Waals surface area contributed by atoms with Crippen LogP contribution >= 0.6 is 11.6 Å². The van der Waals surface area contributed by atoms with Gasteiger partial charge >= 0.3 is 0 Å². The average molecular weight is 242 g/mol. The zero-order valence-corrected chi connectivity index (χ0v) is 9.73. The van der Waals surface area contributed by atoms with Crippen LogP contribution in [0.15, 0.2) is 21.5 Å². The van der Waals surface area contributed by atoms with E-state index in [0.717, 1.165) is 0 Å². The number of hydrogen-bond acceptors (Lipinski definition) is 6. The Bertz CT molecular complexity index is 415. The lowest BCUT2D eigenvalue weighted by atomic mass is 10.3. The van der Waals surface area contributed by atoms with Crippen LogP contribution in [0.2, 0.25) is 0 Å². The van der Waals surface area contributed by atoms with Crippen molar-refractivity contribution in [2.24, 2.45) is 21.5 Å². The highest BCUT2D eigenvalue weighted by Crippen LogP contribution is 2.15. The minimum atomic E-state index is -0.0512. The third kappa shape index (κ3) is 2.42. The van der Waals surface area contributed by atoms with Gasteiger partial charge in [-0.2, -0.15) is 10.3 Å². The summed E-state index contributed by atoms with van der Waals surface area (Å²) in [4.78, 5) is 7.35. The summed E-state index contributed by atoms with van der Waals surface area (Å²) in [6, 6.07) is 0. The predicted octanol–water partition coefficient (Wildman–Crippen LogP) is -0.618. The van der Waals surface area contributed by atoms with E-state index < -0.39 is 0 Å². The molecule has 1 rings (SSSR count). The summed E-state index contributed by atoms with van der Waals surface area (Å²) < 4.78 is 0. The van der Waals surface area contributed by atoms with E-state index in [-0.39, 0.29) is 11.5 Å². The van der Waals surface area contributed by atoms with Crippen molar-refractivity contribution in [3.8, 4) is 6.19 Å². The highest BCUT2D eigenvalue weighted by molar-refractivity contribution is 6.66. The SMILES string of the molecule is CN(C)N1CC(Cl)=NC(C(N)=NC#N)=C1N. The van der Waals surface area contributed by atoms with Gasteiger partial charge in [-0.15, -0.1) is 0 Å². The van der Waals surface area contributed by atoms with Gasteiger partial charge in [-0.3, -0.25) is 5.01 Å². The van der Waals surface area contributed by atoms with Crippen LogP contribution in [0.25, 0.3) is 0 Å². The van der Waals surface area contributed by atoms with Gasteiger partial charge in [0.05, 0.1) is 6.54 Å². The maximum absolute atomic E-state index is 8.41. The quantitative estimate of drug-likeness (QED) is 0.381. The smallest absolute Gasteiger partial charge is 0.207 e. The minimum absolute atomic E-state index is 0.0512. The average Bonchev–Trinajstić information content (AvgIpc) is 2.20. The van der Waals surface area contributed by atoms with Crippen molar-refractivity contribution >= 4 is 22.6 Å². The fourth-order valence-corrected chi connectivity index (χ4v) is 1.39. The molecule has 0 spiro atoms. The molecule has 4 N–H and O–H groups in total. The van der Waals surface area contributed by atoms with E-state index in [2.05, 4.69) is 9.98 Å². The molecule has 0 fully saturated rings. The highest BCUT2D eigenvalue weighted by atomic mass is 35.5. The molecule has 0 radical (unpaired) electrons. The van der Waals surface area contributed by atoms with Gasteiger partial charge in [0.25, 0.3) is 0 Å². The van der Waals surface area contributed by atoms with Crippen LogP contribution in [-0.2, 0) is 0 Å². The number of nitrogens with zero attached hydrogens (tertiary/aromatic N) is 5. The number of halogens is 1. The second-order valence-corrected chi connectivity index (χ2v) is 3.66. The number of rotatable bonds is 2. The van der Waals surface area contributed by atoms with Gasteiger partial charge < -0.3 is 11.5 Å². The molecule has 7 nitrogen and oxygen atoms in total. The third-order valence-corrected chi connectivity index (χ3v) is 2.13.